The van der Waals surface area contributed by atoms with E-state index in [1.165, 1.54) is 0 Å². The second-order valence-corrected chi connectivity index (χ2v) is 7.84. The van der Waals surface area contributed by atoms with Crippen LogP contribution < -0.4 is 0 Å². The topological polar surface area (TPSA) is 41.4 Å². The number of amides is 1. The minimum absolute atomic E-state index is 0.000906. The number of hydrogen-bond donors (Lipinski definition) is 0. The number of nitrogens with zero attached hydrogens (tertiary/aromatic N) is 4. The molecule has 1 aliphatic heterocycles. The van der Waals surface area contributed by atoms with Crippen LogP contribution in [0.1, 0.15) is 17.4 Å². The van der Waals surface area contributed by atoms with Crippen LogP contribution in [0.3, 0.4) is 0 Å². The van der Waals surface area contributed by atoms with Gasteiger partial charge in [0.1, 0.15) is 11.4 Å². The van der Waals surface area contributed by atoms with Crippen LogP contribution in [0.15, 0.2) is 47.8 Å². The first-order valence-corrected chi connectivity index (χ1v) is 10.3. The summed E-state index contributed by atoms with van der Waals surface area (Å²) in [7, 11) is 0. The molecule has 1 fully saturated rings. The lowest BCUT2D eigenvalue weighted by molar-refractivity contribution is 0.0634. The fraction of sp³-hybridized carbons (Fsp3) is 0.300. The number of rotatable bonds is 4. The average molecular weight is 401 g/mol. The average Bonchev–Trinajstić information content (AvgIpc) is 3.38. The molecule has 140 valence electrons. The minimum Gasteiger partial charge on any atom is -0.335 e. The number of aromatic nitrogens is 2. The Morgan fingerprint density at radius 3 is 2.59 bits per heavy atom. The lowest BCUT2D eigenvalue weighted by Gasteiger charge is -2.34. The summed E-state index contributed by atoms with van der Waals surface area (Å²) in [6.07, 6.45) is 0. The van der Waals surface area contributed by atoms with Crippen molar-refractivity contribution in [2.45, 2.75) is 6.92 Å². The molecule has 0 aliphatic carbocycles. The molecule has 5 nitrogen and oxygen atoms in total. The maximum absolute atomic E-state index is 13.3. The van der Waals surface area contributed by atoms with Gasteiger partial charge in [-0.1, -0.05) is 36.7 Å². The first kappa shape index (κ1) is 18.2. The van der Waals surface area contributed by atoms with Gasteiger partial charge in [0.15, 0.2) is 0 Å². The van der Waals surface area contributed by atoms with Gasteiger partial charge in [-0.3, -0.25) is 4.79 Å². The van der Waals surface area contributed by atoms with Gasteiger partial charge in [0.2, 0.25) is 0 Å². The molecule has 0 spiro atoms. The van der Waals surface area contributed by atoms with Crippen LogP contribution in [-0.2, 0) is 0 Å². The summed E-state index contributed by atoms with van der Waals surface area (Å²) in [4.78, 5) is 18.6. The molecule has 7 heteroatoms. The van der Waals surface area contributed by atoms with Crippen LogP contribution in [0.4, 0.5) is 0 Å². The molecule has 0 saturated carbocycles. The third-order valence-corrected chi connectivity index (χ3v) is 6.10. The highest BCUT2D eigenvalue weighted by molar-refractivity contribution is 7.13. The summed E-state index contributed by atoms with van der Waals surface area (Å²) in [5, 5.41) is 7.30. The molecule has 3 aromatic rings. The molecule has 27 heavy (non-hydrogen) atoms. The molecule has 0 N–H and O–H groups in total. The monoisotopic (exact) mass is 400 g/mol. The molecule has 4 rings (SSSR count). The van der Waals surface area contributed by atoms with E-state index in [1.54, 1.807) is 16.0 Å². The standard InChI is InChI=1S/C20H21ClN4OS/c1-2-23-9-11-24(12-10-23)20(26)18-14-16(19-8-5-13-27-19)22-25(18)17-7-4-3-6-15(17)21/h3-8,13-14H,2,9-12H2,1H3. The van der Waals surface area contributed by atoms with Gasteiger partial charge in [0.05, 0.1) is 15.6 Å². The smallest absolute Gasteiger partial charge is 0.272 e. The highest BCUT2D eigenvalue weighted by Gasteiger charge is 2.26. The number of carbonyl (C=O) groups excluding carboxylic acids is 1. The molecule has 1 saturated heterocycles. The largest absolute Gasteiger partial charge is 0.335 e. The van der Waals surface area contributed by atoms with E-state index < -0.39 is 0 Å². The Kier molecular flexibility index (Phi) is 5.29. The van der Waals surface area contributed by atoms with Crippen molar-refractivity contribution in [2.75, 3.05) is 32.7 Å². The predicted molar refractivity (Wildman–Crippen MR) is 110 cm³/mol. The van der Waals surface area contributed by atoms with E-state index >= 15 is 0 Å². The normalized spacial score (nSPS) is 15.3. The van der Waals surface area contributed by atoms with Crippen LogP contribution in [0, 0.1) is 0 Å². The van der Waals surface area contributed by atoms with E-state index in [2.05, 4.69) is 11.8 Å². The first-order valence-electron chi connectivity index (χ1n) is 9.08. The Balaban J connectivity index is 1.72. The van der Waals surface area contributed by atoms with E-state index in [9.17, 15) is 4.79 Å². The second-order valence-electron chi connectivity index (χ2n) is 6.48. The number of thiophene rings is 1. The van der Waals surface area contributed by atoms with Crippen molar-refractivity contribution in [3.05, 3.63) is 58.6 Å². The Morgan fingerprint density at radius 1 is 1.15 bits per heavy atom. The first-order chi connectivity index (χ1) is 13.2. The number of likely N-dealkylation sites (N-methyl/N-ethyl adjacent to an activating group) is 1. The molecular formula is C20H21ClN4OS. The SMILES string of the molecule is CCN1CCN(C(=O)c2cc(-c3cccs3)nn2-c2ccccc2Cl)CC1. The third-order valence-electron chi connectivity index (χ3n) is 4.89. The van der Waals surface area contributed by atoms with Crippen molar-refractivity contribution in [1.82, 2.24) is 19.6 Å². The predicted octanol–water partition coefficient (Wildman–Crippen LogP) is 4.03. The van der Waals surface area contributed by atoms with E-state index in [1.807, 2.05) is 52.7 Å². The number of para-hydroxylation sites is 1. The van der Waals surface area contributed by atoms with E-state index in [4.69, 9.17) is 16.7 Å². The number of hydrogen-bond acceptors (Lipinski definition) is 4. The van der Waals surface area contributed by atoms with Crippen molar-refractivity contribution in [2.24, 2.45) is 0 Å². The van der Waals surface area contributed by atoms with Gasteiger partial charge in [0, 0.05) is 26.2 Å². The van der Waals surface area contributed by atoms with Gasteiger partial charge in [-0.25, -0.2) is 4.68 Å². The van der Waals surface area contributed by atoms with Gasteiger partial charge in [-0.05, 0) is 36.2 Å². The fourth-order valence-electron chi connectivity index (χ4n) is 3.31. The Bertz CT molecular complexity index is 929. The van der Waals surface area contributed by atoms with Gasteiger partial charge in [0.25, 0.3) is 5.91 Å². The van der Waals surface area contributed by atoms with Crippen LogP contribution in [0.5, 0.6) is 0 Å². The van der Waals surface area contributed by atoms with Crippen molar-refractivity contribution < 1.29 is 4.79 Å². The Labute approximate surface area is 167 Å². The van der Waals surface area contributed by atoms with Gasteiger partial charge in [-0.15, -0.1) is 11.3 Å². The fourth-order valence-corrected chi connectivity index (χ4v) is 4.21. The molecule has 0 atom stereocenters. The van der Waals surface area contributed by atoms with Crippen LogP contribution in [0.2, 0.25) is 5.02 Å². The van der Waals surface area contributed by atoms with Crippen molar-refractivity contribution in [3.63, 3.8) is 0 Å². The summed E-state index contributed by atoms with van der Waals surface area (Å²) in [5.41, 5.74) is 2.06. The summed E-state index contributed by atoms with van der Waals surface area (Å²) in [6.45, 7) is 6.43. The van der Waals surface area contributed by atoms with Crippen molar-refractivity contribution in [3.8, 4) is 16.3 Å². The Hall–Kier alpha value is -2.15. The molecule has 2 aromatic heterocycles. The third kappa shape index (κ3) is 3.65. The number of piperazine rings is 1. The molecule has 0 radical (unpaired) electrons. The lowest BCUT2D eigenvalue weighted by Crippen LogP contribution is -2.48. The van der Waals surface area contributed by atoms with Crippen molar-refractivity contribution >= 4 is 28.8 Å². The zero-order valence-electron chi connectivity index (χ0n) is 15.1. The van der Waals surface area contributed by atoms with Gasteiger partial charge >= 0.3 is 0 Å². The highest BCUT2D eigenvalue weighted by Crippen LogP contribution is 2.28. The van der Waals surface area contributed by atoms with Gasteiger partial charge in [-0.2, -0.15) is 5.10 Å². The van der Waals surface area contributed by atoms with Crippen LogP contribution >= 0.6 is 22.9 Å². The van der Waals surface area contributed by atoms with E-state index in [-0.39, 0.29) is 5.91 Å². The minimum atomic E-state index is 0.000906. The quantitative estimate of drug-likeness (QED) is 0.663. The molecule has 1 amide bonds. The number of halogens is 1. The van der Waals surface area contributed by atoms with E-state index in [0.717, 1.165) is 49.0 Å². The molecule has 0 bridgehead atoms. The summed E-state index contributed by atoms with van der Waals surface area (Å²) >= 11 is 8.01. The molecule has 1 aliphatic rings. The van der Waals surface area contributed by atoms with Gasteiger partial charge < -0.3 is 9.80 Å². The van der Waals surface area contributed by atoms with Crippen LogP contribution in [0.25, 0.3) is 16.3 Å². The summed E-state index contributed by atoms with van der Waals surface area (Å²) < 4.78 is 1.69. The second kappa shape index (κ2) is 7.84. The lowest BCUT2D eigenvalue weighted by atomic mass is 10.2. The number of benzene rings is 1. The maximum Gasteiger partial charge on any atom is 0.272 e. The zero-order chi connectivity index (χ0) is 18.8. The van der Waals surface area contributed by atoms with Crippen LogP contribution in [-0.4, -0.2) is 58.2 Å². The molecular weight excluding hydrogens is 380 g/mol. The van der Waals surface area contributed by atoms with Crippen molar-refractivity contribution in [1.29, 1.82) is 0 Å². The van der Waals surface area contributed by atoms with E-state index in [0.29, 0.717) is 10.7 Å². The molecule has 1 aromatic carbocycles. The number of carbonyl (C=O) groups is 1. The molecule has 3 heterocycles. The summed E-state index contributed by atoms with van der Waals surface area (Å²) in [6, 6.07) is 13.4. The Morgan fingerprint density at radius 2 is 1.93 bits per heavy atom. The zero-order valence-corrected chi connectivity index (χ0v) is 16.7. The molecule has 0 unspecified atom stereocenters. The maximum atomic E-state index is 13.3. The summed E-state index contributed by atoms with van der Waals surface area (Å²) in [5.74, 6) is 0.000906. The highest BCUT2D eigenvalue weighted by atomic mass is 35.5.